The molecule has 0 fully saturated rings. The van der Waals surface area contributed by atoms with Crippen LogP contribution in [-0.2, 0) is 6.54 Å². The van der Waals surface area contributed by atoms with E-state index >= 15 is 0 Å². The SMILES string of the molecule is CCNC(=NCC(O)c1ccncc1)N(C)Cc1ccc(OCC)cc1.I. The maximum Gasteiger partial charge on any atom is 0.194 e. The van der Waals surface area contributed by atoms with Gasteiger partial charge in [-0.25, -0.2) is 0 Å². The Morgan fingerprint density at radius 1 is 1.19 bits per heavy atom. The van der Waals surface area contributed by atoms with E-state index in [9.17, 15) is 5.11 Å². The van der Waals surface area contributed by atoms with Crippen molar-refractivity contribution < 1.29 is 9.84 Å². The van der Waals surface area contributed by atoms with Gasteiger partial charge in [0.05, 0.1) is 19.3 Å². The molecule has 1 aromatic heterocycles. The molecule has 0 spiro atoms. The number of aliphatic hydroxyl groups is 1. The molecule has 6 nitrogen and oxygen atoms in total. The molecule has 2 aromatic rings. The van der Waals surface area contributed by atoms with Crippen molar-refractivity contribution in [2.45, 2.75) is 26.5 Å². The number of rotatable bonds is 8. The molecule has 1 heterocycles. The first-order valence-corrected chi connectivity index (χ1v) is 8.93. The van der Waals surface area contributed by atoms with Gasteiger partial charge in [0.1, 0.15) is 5.75 Å². The van der Waals surface area contributed by atoms with Gasteiger partial charge in [-0.1, -0.05) is 12.1 Å². The van der Waals surface area contributed by atoms with E-state index in [1.165, 1.54) is 0 Å². The molecule has 0 radical (unpaired) electrons. The largest absolute Gasteiger partial charge is 0.494 e. The number of halogens is 1. The number of guanidine groups is 1. The lowest BCUT2D eigenvalue weighted by molar-refractivity contribution is 0.186. The summed E-state index contributed by atoms with van der Waals surface area (Å²) in [5.41, 5.74) is 1.98. The summed E-state index contributed by atoms with van der Waals surface area (Å²) in [6.45, 7) is 6.43. The lowest BCUT2D eigenvalue weighted by atomic mass is 10.1. The fraction of sp³-hybridized carbons (Fsp3) is 0.400. The molecule has 1 aromatic carbocycles. The number of aliphatic imine (C=N–C) groups is 1. The summed E-state index contributed by atoms with van der Waals surface area (Å²) in [6.07, 6.45) is 2.70. The summed E-state index contributed by atoms with van der Waals surface area (Å²) in [6, 6.07) is 11.7. The van der Waals surface area contributed by atoms with Gasteiger partial charge >= 0.3 is 0 Å². The molecule has 1 atom stereocenters. The number of aliphatic hydroxyl groups excluding tert-OH is 1. The summed E-state index contributed by atoms with van der Waals surface area (Å²) in [5.74, 6) is 1.63. The average Bonchev–Trinajstić information content (AvgIpc) is 2.67. The summed E-state index contributed by atoms with van der Waals surface area (Å²) in [4.78, 5) is 10.6. The Kier molecular flexibility index (Phi) is 10.7. The number of aromatic nitrogens is 1. The highest BCUT2D eigenvalue weighted by Crippen LogP contribution is 2.14. The second-order valence-corrected chi connectivity index (χ2v) is 5.92. The standard InChI is InChI=1S/C20H28N4O2.HI/c1-4-22-20(23-14-19(25)17-10-12-21-13-11-17)24(3)15-16-6-8-18(9-7-16)26-5-2;/h6-13,19,25H,4-5,14-15H2,1-3H3,(H,22,23);1H. The first-order valence-electron chi connectivity index (χ1n) is 8.93. The van der Waals surface area contributed by atoms with Crippen LogP contribution in [0.25, 0.3) is 0 Å². The summed E-state index contributed by atoms with van der Waals surface area (Å²) >= 11 is 0. The van der Waals surface area contributed by atoms with Gasteiger partial charge in [-0.2, -0.15) is 0 Å². The minimum Gasteiger partial charge on any atom is -0.494 e. The summed E-state index contributed by atoms with van der Waals surface area (Å²) < 4.78 is 5.48. The second-order valence-electron chi connectivity index (χ2n) is 5.92. The quantitative estimate of drug-likeness (QED) is 0.342. The van der Waals surface area contributed by atoms with Gasteiger partial charge in [-0.05, 0) is 49.2 Å². The number of ether oxygens (including phenoxy) is 1. The van der Waals surface area contributed by atoms with Crippen LogP contribution in [0.1, 0.15) is 31.1 Å². The zero-order valence-electron chi connectivity index (χ0n) is 16.1. The molecule has 0 aliphatic heterocycles. The van der Waals surface area contributed by atoms with Crippen LogP contribution in [0.4, 0.5) is 0 Å². The molecule has 2 rings (SSSR count). The molecule has 0 saturated carbocycles. The molecule has 27 heavy (non-hydrogen) atoms. The van der Waals surface area contributed by atoms with Crippen LogP contribution in [0.15, 0.2) is 53.8 Å². The third-order valence-corrected chi connectivity index (χ3v) is 3.86. The van der Waals surface area contributed by atoms with Crippen LogP contribution in [0.3, 0.4) is 0 Å². The Morgan fingerprint density at radius 2 is 1.85 bits per heavy atom. The van der Waals surface area contributed by atoms with E-state index in [0.29, 0.717) is 19.7 Å². The molecular weight excluding hydrogens is 455 g/mol. The average molecular weight is 484 g/mol. The number of pyridine rings is 1. The van der Waals surface area contributed by atoms with Gasteiger partial charge in [0.25, 0.3) is 0 Å². The van der Waals surface area contributed by atoms with Gasteiger partial charge < -0.3 is 20.1 Å². The number of hydrogen-bond acceptors (Lipinski definition) is 4. The Balaban J connectivity index is 0.00000364. The highest BCUT2D eigenvalue weighted by atomic mass is 127. The fourth-order valence-corrected chi connectivity index (χ4v) is 2.54. The first kappa shape index (κ1) is 23.2. The van der Waals surface area contributed by atoms with E-state index in [1.54, 1.807) is 24.5 Å². The third-order valence-electron chi connectivity index (χ3n) is 3.86. The Labute approximate surface area is 178 Å². The smallest absolute Gasteiger partial charge is 0.194 e. The highest BCUT2D eigenvalue weighted by Gasteiger charge is 2.10. The van der Waals surface area contributed by atoms with Crippen LogP contribution in [0.2, 0.25) is 0 Å². The van der Waals surface area contributed by atoms with E-state index in [2.05, 4.69) is 27.4 Å². The molecule has 2 N–H and O–H groups in total. The van der Waals surface area contributed by atoms with Gasteiger partial charge in [0.2, 0.25) is 0 Å². The summed E-state index contributed by atoms with van der Waals surface area (Å²) in [5, 5.41) is 13.6. The van der Waals surface area contributed by atoms with Crippen LogP contribution in [0, 0.1) is 0 Å². The molecular formula is C20H29IN4O2. The van der Waals surface area contributed by atoms with Gasteiger partial charge in [0.15, 0.2) is 5.96 Å². The predicted molar refractivity (Wildman–Crippen MR) is 120 cm³/mol. The third kappa shape index (κ3) is 7.72. The van der Waals surface area contributed by atoms with Crippen molar-refractivity contribution in [1.82, 2.24) is 15.2 Å². The molecule has 0 bridgehead atoms. The number of hydrogen-bond donors (Lipinski definition) is 2. The van der Waals surface area contributed by atoms with Crippen molar-refractivity contribution in [2.24, 2.45) is 4.99 Å². The zero-order chi connectivity index (χ0) is 18.8. The molecule has 7 heteroatoms. The van der Waals surface area contributed by atoms with Crippen LogP contribution >= 0.6 is 24.0 Å². The molecule has 0 saturated heterocycles. The maximum atomic E-state index is 10.3. The number of nitrogens with zero attached hydrogens (tertiary/aromatic N) is 3. The van der Waals surface area contributed by atoms with Crippen molar-refractivity contribution in [1.29, 1.82) is 0 Å². The lowest BCUT2D eigenvalue weighted by Crippen LogP contribution is -2.38. The Bertz CT molecular complexity index is 680. The van der Waals surface area contributed by atoms with E-state index in [0.717, 1.165) is 29.4 Å². The van der Waals surface area contributed by atoms with E-state index in [4.69, 9.17) is 4.74 Å². The van der Waals surface area contributed by atoms with Crippen LogP contribution < -0.4 is 10.1 Å². The monoisotopic (exact) mass is 484 g/mol. The van der Waals surface area contributed by atoms with E-state index < -0.39 is 6.10 Å². The van der Waals surface area contributed by atoms with Crippen molar-refractivity contribution in [3.63, 3.8) is 0 Å². The highest BCUT2D eigenvalue weighted by molar-refractivity contribution is 14.0. The first-order chi connectivity index (χ1) is 12.6. The van der Waals surface area contributed by atoms with Crippen LogP contribution in [0.5, 0.6) is 5.75 Å². The zero-order valence-corrected chi connectivity index (χ0v) is 18.5. The molecule has 1 unspecified atom stereocenters. The van der Waals surface area contributed by atoms with E-state index in [1.807, 2.05) is 37.9 Å². The number of nitrogens with one attached hydrogen (secondary N) is 1. The van der Waals surface area contributed by atoms with Crippen LogP contribution in [-0.4, -0.2) is 47.7 Å². The lowest BCUT2D eigenvalue weighted by Gasteiger charge is -2.23. The number of benzene rings is 1. The second kappa shape index (κ2) is 12.5. The van der Waals surface area contributed by atoms with Gasteiger partial charge in [-0.3, -0.25) is 9.98 Å². The Morgan fingerprint density at radius 3 is 2.44 bits per heavy atom. The van der Waals surface area contributed by atoms with E-state index in [-0.39, 0.29) is 24.0 Å². The summed E-state index contributed by atoms with van der Waals surface area (Å²) in [7, 11) is 1.98. The fourth-order valence-electron chi connectivity index (χ4n) is 2.54. The van der Waals surface area contributed by atoms with Gasteiger partial charge in [0, 0.05) is 32.5 Å². The van der Waals surface area contributed by atoms with Crippen molar-refractivity contribution >= 4 is 29.9 Å². The normalized spacial score (nSPS) is 12.1. The molecule has 0 amide bonds. The molecule has 0 aliphatic rings. The molecule has 0 aliphatic carbocycles. The van der Waals surface area contributed by atoms with Crippen molar-refractivity contribution in [2.75, 3.05) is 26.7 Å². The minimum absolute atomic E-state index is 0. The molecule has 148 valence electrons. The predicted octanol–water partition coefficient (Wildman–Crippen LogP) is 3.23. The van der Waals surface area contributed by atoms with Crippen molar-refractivity contribution in [3.8, 4) is 5.75 Å². The topological polar surface area (TPSA) is 70.0 Å². The van der Waals surface area contributed by atoms with Crippen molar-refractivity contribution in [3.05, 3.63) is 59.9 Å². The Hall–Kier alpha value is -1.87. The van der Waals surface area contributed by atoms with Gasteiger partial charge in [-0.15, -0.1) is 24.0 Å². The maximum absolute atomic E-state index is 10.3. The minimum atomic E-state index is -0.648.